The Bertz CT molecular complexity index is 622. The Kier molecular flexibility index (Phi) is 9.40. The van der Waals surface area contributed by atoms with E-state index in [2.05, 4.69) is 9.47 Å². The largest absolute Gasteiger partial charge is 1.00 e. The van der Waals surface area contributed by atoms with Crippen LogP contribution in [0.15, 0.2) is 18.2 Å². The molecule has 0 radical (unpaired) electrons. The predicted molar refractivity (Wildman–Crippen MR) is 75.6 cm³/mol. The molecule has 0 unspecified atom stereocenters. The van der Waals surface area contributed by atoms with E-state index in [4.69, 9.17) is 9.29 Å². The van der Waals surface area contributed by atoms with Crippen LogP contribution in [-0.2, 0) is 19.6 Å². The molecule has 8 nitrogen and oxygen atoms in total. The quantitative estimate of drug-likeness (QED) is 0.256. The van der Waals surface area contributed by atoms with Crippen LogP contribution in [-0.4, -0.2) is 51.5 Å². The number of rotatable bonds is 7. The van der Waals surface area contributed by atoms with Crippen molar-refractivity contribution < 1.29 is 66.3 Å². The van der Waals surface area contributed by atoms with Crippen LogP contribution in [0.25, 0.3) is 0 Å². The zero-order valence-electron chi connectivity index (χ0n) is 13.1. The molecule has 0 saturated carbocycles. The zero-order valence-corrected chi connectivity index (χ0v) is 15.9. The summed E-state index contributed by atoms with van der Waals surface area (Å²) < 4.78 is 44.2. The van der Waals surface area contributed by atoms with Crippen molar-refractivity contribution in [3.05, 3.63) is 29.3 Å². The van der Waals surface area contributed by atoms with Crippen LogP contribution >= 0.6 is 0 Å². The first-order chi connectivity index (χ1) is 10.3. The first kappa shape index (κ1) is 21.9. The Labute approximate surface area is 156 Å². The van der Waals surface area contributed by atoms with Crippen LogP contribution in [0, 0.1) is 0 Å². The Morgan fingerprint density at radius 3 is 1.91 bits per heavy atom. The van der Waals surface area contributed by atoms with Crippen LogP contribution in [0.2, 0.25) is 0 Å². The molecule has 0 heterocycles. The molecular formula is C13H16NaO8S+. The number of ether oxygens (including phenoxy) is 3. The number of benzene rings is 1. The molecular weight excluding hydrogens is 339 g/mol. The molecule has 0 fully saturated rings. The van der Waals surface area contributed by atoms with Gasteiger partial charge < -0.3 is 14.2 Å². The van der Waals surface area contributed by atoms with Gasteiger partial charge in [0, 0.05) is 0 Å². The molecule has 1 aromatic rings. The fraction of sp³-hybridized carbons (Fsp3) is 0.385. The van der Waals surface area contributed by atoms with E-state index < -0.39 is 27.8 Å². The Morgan fingerprint density at radius 2 is 1.52 bits per heavy atom. The summed E-state index contributed by atoms with van der Waals surface area (Å²) in [4.78, 5) is 23.1. The van der Waals surface area contributed by atoms with E-state index in [9.17, 15) is 18.0 Å². The minimum absolute atomic E-state index is 0. The van der Waals surface area contributed by atoms with Gasteiger partial charge in [-0.3, -0.25) is 4.55 Å². The average Bonchev–Trinajstić information content (AvgIpc) is 2.48. The second-order valence-electron chi connectivity index (χ2n) is 4.22. The van der Waals surface area contributed by atoms with E-state index in [1.54, 1.807) is 0 Å². The summed E-state index contributed by atoms with van der Waals surface area (Å²) in [5.41, 5.74) is 0.186. The first-order valence-electron chi connectivity index (χ1n) is 6.16. The van der Waals surface area contributed by atoms with Crippen LogP contribution in [0.1, 0.15) is 27.1 Å². The molecule has 0 aliphatic heterocycles. The van der Waals surface area contributed by atoms with Crippen molar-refractivity contribution in [2.24, 2.45) is 0 Å². The van der Waals surface area contributed by atoms with E-state index in [-0.39, 0.29) is 59.5 Å². The van der Waals surface area contributed by atoms with Gasteiger partial charge in [0.2, 0.25) is 0 Å². The fourth-order valence-corrected chi connectivity index (χ4v) is 2.07. The number of hydrogen-bond donors (Lipinski definition) is 1. The zero-order chi connectivity index (χ0) is 16.8. The molecule has 1 rings (SSSR count). The molecule has 0 aliphatic rings. The van der Waals surface area contributed by atoms with E-state index >= 15 is 0 Å². The maximum atomic E-state index is 11.5. The predicted octanol–water partition coefficient (Wildman–Crippen LogP) is -2.08. The third-order valence-corrected chi connectivity index (χ3v) is 3.37. The summed E-state index contributed by atoms with van der Waals surface area (Å²) in [5.74, 6) is -1.59. The molecule has 10 heteroatoms. The number of carbonyl (C=O) groups excluding carboxylic acids is 2. The van der Waals surface area contributed by atoms with Crippen molar-refractivity contribution in [2.75, 3.05) is 26.6 Å². The normalized spacial score (nSPS) is 10.4. The minimum Gasteiger partial charge on any atom is -0.494 e. The van der Waals surface area contributed by atoms with Crippen LogP contribution < -0.4 is 34.3 Å². The summed E-state index contributed by atoms with van der Waals surface area (Å²) in [6.45, 7) is -0.0228. The van der Waals surface area contributed by atoms with Gasteiger partial charge in [0.1, 0.15) is 5.75 Å². The minimum atomic E-state index is -4.06. The number of esters is 2. The van der Waals surface area contributed by atoms with Crippen LogP contribution in [0.3, 0.4) is 0 Å². The summed E-state index contributed by atoms with van der Waals surface area (Å²) in [5, 5.41) is 0. The summed E-state index contributed by atoms with van der Waals surface area (Å²) >= 11 is 0. The van der Waals surface area contributed by atoms with Gasteiger partial charge >= 0.3 is 41.5 Å². The number of methoxy groups -OCH3 is 2. The van der Waals surface area contributed by atoms with Gasteiger partial charge in [-0.05, 0) is 24.6 Å². The SMILES string of the molecule is COC(=O)c1cc(OCCCS(=O)(=O)O)cc(C(=O)OC)c1.[Na+]. The maximum Gasteiger partial charge on any atom is 1.00 e. The van der Waals surface area contributed by atoms with Gasteiger partial charge in [-0.15, -0.1) is 0 Å². The van der Waals surface area contributed by atoms with Crippen molar-refractivity contribution in [3.63, 3.8) is 0 Å². The van der Waals surface area contributed by atoms with E-state index in [1.807, 2.05) is 0 Å². The average molecular weight is 355 g/mol. The van der Waals surface area contributed by atoms with Crippen molar-refractivity contribution in [1.82, 2.24) is 0 Å². The Balaban J connectivity index is 0.00000484. The molecule has 0 aromatic heterocycles. The molecule has 1 N–H and O–H groups in total. The summed E-state index contributed by atoms with van der Waals surface area (Å²) in [6, 6.07) is 4.00. The van der Waals surface area contributed by atoms with Gasteiger partial charge in [0.15, 0.2) is 0 Å². The van der Waals surface area contributed by atoms with E-state index in [1.165, 1.54) is 32.4 Å². The fourth-order valence-electron chi connectivity index (χ4n) is 1.59. The summed E-state index contributed by atoms with van der Waals surface area (Å²) in [6.07, 6.45) is 0.0504. The Morgan fingerprint density at radius 1 is 1.04 bits per heavy atom. The standard InChI is InChI=1S/C13H16O8S.Na/c1-19-12(14)9-6-10(13(15)20-2)8-11(7-9)21-4-3-5-22(16,17)18;/h6-8H,3-5H2,1-2H3,(H,16,17,18);/q;+1. The molecule has 23 heavy (non-hydrogen) atoms. The van der Waals surface area contributed by atoms with Gasteiger partial charge in [-0.2, -0.15) is 8.42 Å². The topological polar surface area (TPSA) is 116 Å². The smallest absolute Gasteiger partial charge is 0.494 e. The van der Waals surface area contributed by atoms with Gasteiger partial charge in [-0.25, -0.2) is 9.59 Å². The second kappa shape index (κ2) is 9.89. The van der Waals surface area contributed by atoms with Gasteiger partial charge in [-0.1, -0.05) is 0 Å². The third kappa shape index (κ3) is 7.80. The second-order valence-corrected chi connectivity index (χ2v) is 5.79. The molecule has 0 saturated heterocycles. The maximum absolute atomic E-state index is 11.5. The third-order valence-electron chi connectivity index (χ3n) is 2.56. The Hall–Kier alpha value is -1.13. The van der Waals surface area contributed by atoms with Crippen molar-refractivity contribution in [3.8, 4) is 5.75 Å². The van der Waals surface area contributed by atoms with Crippen LogP contribution in [0.5, 0.6) is 5.75 Å². The first-order valence-corrected chi connectivity index (χ1v) is 7.77. The summed E-state index contributed by atoms with van der Waals surface area (Å²) in [7, 11) is -1.67. The van der Waals surface area contributed by atoms with Crippen molar-refractivity contribution >= 4 is 22.1 Å². The monoisotopic (exact) mass is 355 g/mol. The molecule has 0 bridgehead atoms. The van der Waals surface area contributed by atoms with E-state index in [0.29, 0.717) is 0 Å². The van der Waals surface area contributed by atoms with E-state index in [0.717, 1.165) is 0 Å². The molecule has 0 spiro atoms. The molecule has 0 atom stereocenters. The molecule has 1 aromatic carbocycles. The molecule has 122 valence electrons. The number of carbonyl (C=O) groups is 2. The van der Waals surface area contributed by atoms with Crippen molar-refractivity contribution in [1.29, 1.82) is 0 Å². The van der Waals surface area contributed by atoms with Gasteiger partial charge in [0.05, 0.1) is 37.7 Å². The van der Waals surface area contributed by atoms with Crippen molar-refractivity contribution in [2.45, 2.75) is 6.42 Å². The van der Waals surface area contributed by atoms with Gasteiger partial charge in [0.25, 0.3) is 10.1 Å². The number of hydrogen-bond acceptors (Lipinski definition) is 7. The van der Waals surface area contributed by atoms with Crippen LogP contribution in [0.4, 0.5) is 0 Å². The molecule has 0 amide bonds. The molecule has 0 aliphatic carbocycles.